The van der Waals surface area contributed by atoms with Gasteiger partial charge in [-0.3, -0.25) is 4.79 Å². The van der Waals surface area contributed by atoms with Gasteiger partial charge in [0.2, 0.25) is 6.79 Å². The summed E-state index contributed by atoms with van der Waals surface area (Å²) in [6, 6.07) is 5.69. The van der Waals surface area contributed by atoms with Crippen molar-refractivity contribution in [1.82, 2.24) is 4.98 Å². The Bertz CT molecular complexity index is 672. The van der Waals surface area contributed by atoms with E-state index in [-0.39, 0.29) is 19.3 Å². The number of nitrogens with zero attached hydrogens (tertiary/aromatic N) is 2. The van der Waals surface area contributed by atoms with Gasteiger partial charge in [0.15, 0.2) is 11.5 Å². The molecule has 0 saturated carbocycles. The Morgan fingerprint density at radius 2 is 2.15 bits per heavy atom. The summed E-state index contributed by atoms with van der Waals surface area (Å²) in [4.78, 5) is 17.5. The number of pyridine rings is 1. The number of benzene rings is 1. The maximum absolute atomic E-state index is 11.4. The van der Waals surface area contributed by atoms with Gasteiger partial charge >= 0.3 is 5.97 Å². The van der Waals surface area contributed by atoms with Crippen LogP contribution in [0, 0.1) is 0 Å². The Morgan fingerprint density at radius 3 is 2.90 bits per heavy atom. The fourth-order valence-electron chi connectivity index (χ4n) is 2.18. The predicted octanol–water partition coefficient (Wildman–Crippen LogP) is 1.57. The number of esters is 1. The third-order valence-corrected chi connectivity index (χ3v) is 3.19. The molecule has 0 fully saturated rings. The lowest BCUT2D eigenvalue weighted by Crippen LogP contribution is -2.27. The molecule has 3 rings (SSSR count). The van der Waals surface area contributed by atoms with Gasteiger partial charge in [-0.15, -0.1) is 0 Å². The average Bonchev–Trinajstić information content (AvgIpc) is 2.91. The van der Waals surface area contributed by atoms with Crippen molar-refractivity contribution >= 4 is 22.6 Å². The van der Waals surface area contributed by atoms with Crippen LogP contribution in [-0.2, 0) is 9.53 Å². The van der Waals surface area contributed by atoms with E-state index < -0.39 is 0 Å². The van der Waals surface area contributed by atoms with E-state index in [4.69, 9.17) is 9.47 Å². The summed E-state index contributed by atoms with van der Waals surface area (Å²) in [6.07, 6.45) is 1.70. The third kappa shape index (κ3) is 2.09. The lowest BCUT2D eigenvalue weighted by atomic mass is 10.1. The largest absolute Gasteiger partial charge is 0.468 e. The van der Waals surface area contributed by atoms with Gasteiger partial charge in [0.25, 0.3) is 0 Å². The van der Waals surface area contributed by atoms with Gasteiger partial charge in [0, 0.05) is 18.6 Å². The monoisotopic (exact) mass is 274 g/mol. The molecule has 0 amide bonds. The van der Waals surface area contributed by atoms with Crippen LogP contribution in [0.25, 0.3) is 10.8 Å². The van der Waals surface area contributed by atoms with Crippen molar-refractivity contribution in [3.8, 4) is 11.5 Å². The van der Waals surface area contributed by atoms with Crippen molar-refractivity contribution in [3.63, 3.8) is 0 Å². The lowest BCUT2D eigenvalue weighted by molar-refractivity contribution is -0.138. The Labute approximate surface area is 115 Å². The highest BCUT2D eigenvalue weighted by Crippen LogP contribution is 2.38. The molecule has 1 aromatic carbocycles. The first-order valence-corrected chi connectivity index (χ1v) is 6.15. The van der Waals surface area contributed by atoms with Gasteiger partial charge in [0.05, 0.1) is 7.11 Å². The second-order valence-corrected chi connectivity index (χ2v) is 4.49. The summed E-state index contributed by atoms with van der Waals surface area (Å²) < 4.78 is 15.4. The van der Waals surface area contributed by atoms with E-state index in [2.05, 4.69) is 9.72 Å². The Morgan fingerprint density at radius 1 is 1.40 bits per heavy atom. The Hall–Kier alpha value is -2.50. The number of hydrogen-bond donors (Lipinski definition) is 0. The number of carbonyl (C=O) groups excluding carboxylic acids is 1. The van der Waals surface area contributed by atoms with Gasteiger partial charge in [-0.25, -0.2) is 4.98 Å². The first-order chi connectivity index (χ1) is 9.69. The van der Waals surface area contributed by atoms with Crippen molar-refractivity contribution in [2.75, 3.05) is 32.4 Å². The zero-order valence-corrected chi connectivity index (χ0v) is 11.3. The summed E-state index contributed by atoms with van der Waals surface area (Å²) in [5.74, 6) is 1.81. The number of likely N-dealkylation sites (N-methyl/N-ethyl adjacent to an activating group) is 1. The minimum absolute atomic E-state index is 0.136. The lowest BCUT2D eigenvalue weighted by Gasteiger charge is -2.18. The van der Waals surface area contributed by atoms with Crippen molar-refractivity contribution in [1.29, 1.82) is 0 Å². The van der Waals surface area contributed by atoms with E-state index >= 15 is 0 Å². The fraction of sp³-hybridized carbons (Fsp3) is 0.286. The Kier molecular flexibility index (Phi) is 3.06. The zero-order valence-electron chi connectivity index (χ0n) is 11.3. The quantitative estimate of drug-likeness (QED) is 0.792. The molecule has 104 valence electrons. The highest BCUT2D eigenvalue weighted by Gasteiger charge is 2.18. The minimum atomic E-state index is -0.313. The molecule has 0 spiro atoms. The molecule has 1 aromatic heterocycles. The molecule has 0 bridgehead atoms. The average molecular weight is 274 g/mol. The van der Waals surface area contributed by atoms with Crippen LogP contribution >= 0.6 is 0 Å². The highest BCUT2D eigenvalue weighted by atomic mass is 16.7. The molecular formula is C14H14N2O4. The maximum atomic E-state index is 11.4. The van der Waals surface area contributed by atoms with E-state index in [0.29, 0.717) is 11.6 Å². The minimum Gasteiger partial charge on any atom is -0.468 e. The smallest absolute Gasteiger partial charge is 0.325 e. The molecule has 0 saturated heterocycles. The molecule has 1 aliphatic heterocycles. The van der Waals surface area contributed by atoms with E-state index in [9.17, 15) is 4.79 Å². The van der Waals surface area contributed by atoms with E-state index in [0.717, 1.165) is 16.5 Å². The summed E-state index contributed by atoms with van der Waals surface area (Å²) in [6.45, 7) is 0.365. The zero-order chi connectivity index (χ0) is 14.1. The number of aromatic nitrogens is 1. The summed E-state index contributed by atoms with van der Waals surface area (Å²) >= 11 is 0. The van der Waals surface area contributed by atoms with E-state index in [1.165, 1.54) is 7.11 Å². The Balaban J connectivity index is 2.04. The fourth-order valence-corrected chi connectivity index (χ4v) is 2.18. The van der Waals surface area contributed by atoms with E-state index in [1.54, 1.807) is 18.1 Å². The topological polar surface area (TPSA) is 60.9 Å². The summed E-state index contributed by atoms with van der Waals surface area (Å²) in [5.41, 5.74) is 0. The number of ether oxygens (including phenoxy) is 3. The van der Waals surface area contributed by atoms with Gasteiger partial charge in [-0.1, -0.05) is 0 Å². The molecule has 20 heavy (non-hydrogen) atoms. The molecule has 0 radical (unpaired) electrons. The molecule has 0 N–H and O–H groups in total. The molecular weight excluding hydrogens is 260 g/mol. The predicted molar refractivity (Wildman–Crippen MR) is 73.2 cm³/mol. The van der Waals surface area contributed by atoms with Crippen LogP contribution in [0.5, 0.6) is 11.5 Å². The van der Waals surface area contributed by atoms with Crippen LogP contribution in [0.3, 0.4) is 0 Å². The van der Waals surface area contributed by atoms with Gasteiger partial charge in [-0.2, -0.15) is 0 Å². The molecule has 0 atom stereocenters. The first kappa shape index (κ1) is 12.5. The number of fused-ring (bicyclic) bond motifs is 2. The van der Waals surface area contributed by atoms with Crippen LogP contribution in [0.1, 0.15) is 0 Å². The van der Waals surface area contributed by atoms with Gasteiger partial charge < -0.3 is 19.1 Å². The first-order valence-electron chi connectivity index (χ1n) is 6.15. The van der Waals surface area contributed by atoms with Crippen LogP contribution in [0.2, 0.25) is 0 Å². The molecule has 6 heteroatoms. The molecule has 2 heterocycles. The second-order valence-electron chi connectivity index (χ2n) is 4.49. The SMILES string of the molecule is COC(=O)CN(C)c1nccc2cc3c(cc12)OCO3. The normalized spacial score (nSPS) is 12.5. The number of carbonyl (C=O) groups is 1. The number of hydrogen-bond acceptors (Lipinski definition) is 6. The maximum Gasteiger partial charge on any atom is 0.325 e. The van der Waals surface area contributed by atoms with Crippen LogP contribution in [0.4, 0.5) is 5.82 Å². The van der Waals surface area contributed by atoms with Gasteiger partial charge in [0.1, 0.15) is 12.4 Å². The van der Waals surface area contributed by atoms with Crippen molar-refractivity contribution < 1.29 is 19.0 Å². The molecule has 0 unspecified atom stereocenters. The summed E-state index contributed by atoms with van der Waals surface area (Å²) in [7, 11) is 3.16. The van der Waals surface area contributed by atoms with Crippen LogP contribution < -0.4 is 14.4 Å². The van der Waals surface area contributed by atoms with Gasteiger partial charge in [-0.05, 0) is 23.6 Å². The van der Waals surface area contributed by atoms with Crippen molar-refractivity contribution in [3.05, 3.63) is 24.4 Å². The summed E-state index contributed by atoms with van der Waals surface area (Å²) in [5, 5.41) is 1.89. The standard InChI is InChI=1S/C14H14N2O4/c1-16(7-13(17)18-2)14-10-6-12-11(19-8-20-12)5-9(10)3-4-15-14/h3-6H,7-8H2,1-2H3. The molecule has 0 aliphatic carbocycles. The van der Waals surface area contributed by atoms with Crippen LogP contribution in [-0.4, -0.2) is 38.4 Å². The number of anilines is 1. The van der Waals surface area contributed by atoms with Crippen molar-refractivity contribution in [2.24, 2.45) is 0 Å². The highest BCUT2D eigenvalue weighted by molar-refractivity contribution is 5.95. The number of rotatable bonds is 3. The molecule has 1 aliphatic rings. The van der Waals surface area contributed by atoms with Crippen molar-refractivity contribution in [2.45, 2.75) is 0 Å². The third-order valence-electron chi connectivity index (χ3n) is 3.19. The number of methoxy groups -OCH3 is 1. The van der Waals surface area contributed by atoms with E-state index in [1.807, 2.05) is 18.2 Å². The molecule has 2 aromatic rings. The van der Waals surface area contributed by atoms with Crippen LogP contribution in [0.15, 0.2) is 24.4 Å². The molecule has 6 nitrogen and oxygen atoms in total. The second kappa shape index (κ2) is 4.88.